The molecule has 0 aliphatic carbocycles. The summed E-state index contributed by atoms with van der Waals surface area (Å²) in [7, 11) is -3.95. The minimum atomic E-state index is -3.95. The summed E-state index contributed by atoms with van der Waals surface area (Å²) >= 11 is 0. The molecule has 1 aromatic heterocycles. The number of hydrogen-bond donors (Lipinski definition) is 3. The monoisotopic (exact) mass is 596 g/mol. The average Bonchev–Trinajstić information content (AvgIpc) is 3.25. The van der Waals surface area contributed by atoms with Crippen LogP contribution >= 0.6 is 0 Å². The van der Waals surface area contributed by atoms with Gasteiger partial charge in [0.05, 0.1) is 10.4 Å². The van der Waals surface area contributed by atoms with Crippen molar-refractivity contribution in [1.29, 1.82) is 5.41 Å². The maximum Gasteiger partial charge on any atom is 0.273 e. The van der Waals surface area contributed by atoms with Crippen molar-refractivity contribution in [1.82, 2.24) is 3.97 Å². The summed E-state index contributed by atoms with van der Waals surface area (Å²) < 4.78 is 56.3. The van der Waals surface area contributed by atoms with Gasteiger partial charge in [0.2, 0.25) is 11.8 Å². The van der Waals surface area contributed by atoms with Gasteiger partial charge in [-0.15, -0.1) is 0 Å². The number of anilines is 2. The van der Waals surface area contributed by atoms with Crippen molar-refractivity contribution < 1.29 is 26.8 Å². The van der Waals surface area contributed by atoms with Crippen molar-refractivity contribution in [3.05, 3.63) is 89.6 Å². The third-order valence-electron chi connectivity index (χ3n) is 6.77. The van der Waals surface area contributed by atoms with E-state index in [1.807, 2.05) is 6.92 Å². The summed E-state index contributed by atoms with van der Waals surface area (Å²) in [5.41, 5.74) is 1.67. The van der Waals surface area contributed by atoms with Crippen molar-refractivity contribution in [2.24, 2.45) is 5.92 Å². The Bertz CT molecular complexity index is 1760. The van der Waals surface area contributed by atoms with Gasteiger partial charge in [-0.3, -0.25) is 9.59 Å². The lowest BCUT2D eigenvalue weighted by molar-refractivity contribution is -0.126. The lowest BCUT2D eigenvalue weighted by Gasteiger charge is -2.18. The zero-order valence-electron chi connectivity index (χ0n) is 23.0. The number of fused-ring (bicyclic) bond motifs is 1. The zero-order chi connectivity index (χ0) is 30.1. The normalized spacial score (nSPS) is 12.3. The van der Waals surface area contributed by atoms with E-state index in [1.165, 1.54) is 56.4 Å². The molecule has 11 heteroatoms. The van der Waals surface area contributed by atoms with Crippen LogP contribution < -0.4 is 10.6 Å². The molecule has 42 heavy (non-hydrogen) atoms. The van der Waals surface area contributed by atoms with Crippen molar-refractivity contribution in [2.45, 2.75) is 52.4 Å². The predicted molar refractivity (Wildman–Crippen MR) is 162 cm³/mol. The number of aromatic nitrogens is 1. The standard InChI is InChI=1S/C30H30F2N4O4S.CH4/c1-5-30(31,32)21-7-6-8-22(15-21)34-28(37)27(20(4)33)29(38)35-23-11-14-25-19(3)17-36(26(25)16-23)41(39,40)24-12-9-18(2)10-13-24;/h6-17,27,33H,5H2,1-4H3,(H,34,37)(H,35,38);1H4. The highest BCUT2D eigenvalue weighted by molar-refractivity contribution is 7.90. The van der Waals surface area contributed by atoms with Crippen LogP contribution in [0.15, 0.2) is 77.8 Å². The molecule has 3 N–H and O–H groups in total. The van der Waals surface area contributed by atoms with Crippen LogP contribution in [0.3, 0.4) is 0 Å². The van der Waals surface area contributed by atoms with Gasteiger partial charge in [0, 0.05) is 40.7 Å². The van der Waals surface area contributed by atoms with Gasteiger partial charge in [0.25, 0.3) is 15.9 Å². The molecule has 1 unspecified atom stereocenters. The molecule has 4 rings (SSSR count). The number of amides is 2. The van der Waals surface area contributed by atoms with E-state index < -0.39 is 40.1 Å². The third kappa shape index (κ3) is 6.41. The maximum atomic E-state index is 14.1. The van der Waals surface area contributed by atoms with Crippen LogP contribution in [0.25, 0.3) is 10.9 Å². The first-order valence-corrected chi connectivity index (χ1v) is 14.3. The number of alkyl halides is 2. The van der Waals surface area contributed by atoms with Crippen LogP contribution in [0.1, 0.15) is 44.4 Å². The summed E-state index contributed by atoms with van der Waals surface area (Å²) in [5, 5.41) is 13.8. The molecule has 0 fully saturated rings. The van der Waals surface area contributed by atoms with Crippen LogP contribution in [-0.4, -0.2) is 29.9 Å². The van der Waals surface area contributed by atoms with E-state index in [0.717, 1.165) is 15.6 Å². The first kappa shape index (κ1) is 32.1. The molecule has 0 bridgehead atoms. The van der Waals surface area contributed by atoms with E-state index in [0.29, 0.717) is 16.5 Å². The van der Waals surface area contributed by atoms with Crippen LogP contribution in [-0.2, 0) is 25.5 Å². The Morgan fingerprint density at radius 1 is 0.952 bits per heavy atom. The Labute approximate surface area is 244 Å². The average molecular weight is 597 g/mol. The Kier molecular flexibility index (Phi) is 9.36. The Morgan fingerprint density at radius 2 is 1.55 bits per heavy atom. The molecule has 3 aromatic carbocycles. The second-order valence-electron chi connectivity index (χ2n) is 9.89. The number of rotatable bonds is 9. The fraction of sp³-hybridized carbons (Fsp3) is 0.258. The van der Waals surface area contributed by atoms with Crippen molar-refractivity contribution in [2.75, 3.05) is 10.6 Å². The summed E-state index contributed by atoms with van der Waals surface area (Å²) in [4.78, 5) is 26.3. The van der Waals surface area contributed by atoms with E-state index in [4.69, 9.17) is 5.41 Å². The van der Waals surface area contributed by atoms with Gasteiger partial charge < -0.3 is 16.0 Å². The Morgan fingerprint density at radius 3 is 2.12 bits per heavy atom. The van der Waals surface area contributed by atoms with E-state index in [9.17, 15) is 26.8 Å². The topological polar surface area (TPSA) is 121 Å². The number of nitrogens with zero attached hydrogens (tertiary/aromatic N) is 1. The van der Waals surface area contributed by atoms with Crippen LogP contribution in [0.4, 0.5) is 20.2 Å². The molecule has 1 atom stereocenters. The molecule has 1 heterocycles. The molecule has 0 aliphatic heterocycles. The maximum absolute atomic E-state index is 14.1. The van der Waals surface area contributed by atoms with Gasteiger partial charge >= 0.3 is 0 Å². The van der Waals surface area contributed by atoms with Gasteiger partial charge in [-0.05, 0) is 62.7 Å². The number of aryl methyl sites for hydroxylation is 2. The molecule has 0 spiro atoms. The largest absolute Gasteiger partial charge is 0.325 e. The Balaban J connectivity index is 0.00000484. The molecule has 0 saturated carbocycles. The van der Waals surface area contributed by atoms with Crippen molar-refractivity contribution in [3.63, 3.8) is 0 Å². The first-order valence-electron chi connectivity index (χ1n) is 12.8. The van der Waals surface area contributed by atoms with Gasteiger partial charge in [-0.25, -0.2) is 21.2 Å². The molecule has 0 saturated heterocycles. The molecular formula is C31H34F2N4O4S. The van der Waals surface area contributed by atoms with E-state index in [1.54, 1.807) is 31.2 Å². The fourth-order valence-electron chi connectivity index (χ4n) is 4.43. The molecule has 8 nitrogen and oxygen atoms in total. The molecule has 222 valence electrons. The van der Waals surface area contributed by atoms with E-state index >= 15 is 0 Å². The van der Waals surface area contributed by atoms with Crippen LogP contribution in [0.2, 0.25) is 0 Å². The molecule has 0 radical (unpaired) electrons. The van der Waals surface area contributed by atoms with E-state index in [-0.39, 0.29) is 35.0 Å². The Hall–Kier alpha value is -4.38. The fourth-order valence-corrected chi connectivity index (χ4v) is 5.85. The molecular weight excluding hydrogens is 562 g/mol. The second kappa shape index (κ2) is 12.2. The number of halogens is 2. The second-order valence-corrected chi connectivity index (χ2v) is 11.7. The van der Waals surface area contributed by atoms with Crippen molar-refractivity contribution in [3.8, 4) is 0 Å². The summed E-state index contributed by atoms with van der Waals surface area (Å²) in [6.45, 7) is 6.26. The third-order valence-corrected chi connectivity index (χ3v) is 8.46. The highest BCUT2D eigenvalue weighted by Gasteiger charge is 2.31. The van der Waals surface area contributed by atoms with Gasteiger partial charge in [0.15, 0.2) is 5.92 Å². The smallest absolute Gasteiger partial charge is 0.273 e. The van der Waals surface area contributed by atoms with Gasteiger partial charge in [-0.2, -0.15) is 0 Å². The molecule has 4 aromatic rings. The highest BCUT2D eigenvalue weighted by Crippen LogP contribution is 2.33. The summed E-state index contributed by atoms with van der Waals surface area (Å²) in [6.07, 6.45) is 1.08. The zero-order valence-corrected chi connectivity index (χ0v) is 23.8. The number of nitrogens with one attached hydrogen (secondary N) is 3. The lowest BCUT2D eigenvalue weighted by atomic mass is 10.0. The predicted octanol–water partition coefficient (Wildman–Crippen LogP) is 6.87. The number of carbonyl (C=O) groups is 2. The number of hydrogen-bond acceptors (Lipinski definition) is 5. The molecule has 2 amide bonds. The quantitative estimate of drug-likeness (QED) is 0.144. The minimum Gasteiger partial charge on any atom is -0.325 e. The SMILES string of the molecule is C.CCC(F)(F)c1cccc(NC(=O)C(C(C)=N)C(=O)Nc2ccc3c(C)cn(S(=O)(=O)c4ccc(C)cc4)c3c2)c1. The van der Waals surface area contributed by atoms with Crippen molar-refractivity contribution >= 4 is 49.8 Å². The van der Waals surface area contributed by atoms with Gasteiger partial charge in [0.1, 0.15) is 0 Å². The number of carbonyl (C=O) groups excluding carboxylic acids is 2. The number of benzene rings is 3. The van der Waals surface area contributed by atoms with Gasteiger partial charge in [-0.1, -0.05) is 50.2 Å². The highest BCUT2D eigenvalue weighted by atomic mass is 32.2. The van der Waals surface area contributed by atoms with Crippen LogP contribution in [0.5, 0.6) is 0 Å². The summed E-state index contributed by atoms with van der Waals surface area (Å²) in [6, 6.07) is 16.3. The lowest BCUT2D eigenvalue weighted by Crippen LogP contribution is -2.38. The summed E-state index contributed by atoms with van der Waals surface area (Å²) in [5.74, 6) is -6.35. The molecule has 0 aliphatic rings. The van der Waals surface area contributed by atoms with Crippen LogP contribution in [0, 0.1) is 25.2 Å². The minimum absolute atomic E-state index is 0. The first-order chi connectivity index (χ1) is 19.2. The van der Waals surface area contributed by atoms with E-state index in [2.05, 4.69) is 10.6 Å².